The van der Waals surface area contributed by atoms with E-state index in [1.54, 1.807) is 48.1 Å². The number of rotatable bonds is 5. The zero-order chi connectivity index (χ0) is 19.4. The molecule has 6 nitrogen and oxygen atoms in total. The van der Waals surface area contributed by atoms with Crippen LogP contribution in [0.2, 0.25) is 0 Å². The third-order valence-electron chi connectivity index (χ3n) is 4.71. The first-order valence-electron chi connectivity index (χ1n) is 9.04. The zero-order valence-corrected chi connectivity index (χ0v) is 15.8. The Hall–Kier alpha value is -3.02. The Labute approximate surface area is 159 Å². The molecule has 1 heterocycles. The van der Waals surface area contributed by atoms with Crippen molar-refractivity contribution in [2.75, 3.05) is 31.7 Å². The monoisotopic (exact) mass is 368 g/mol. The van der Waals surface area contributed by atoms with Crippen molar-refractivity contribution in [2.24, 2.45) is 0 Å². The fourth-order valence-electron chi connectivity index (χ4n) is 3.19. The smallest absolute Gasteiger partial charge is 0.254 e. The van der Waals surface area contributed by atoms with Crippen molar-refractivity contribution in [3.8, 4) is 11.5 Å². The lowest BCUT2D eigenvalue weighted by Crippen LogP contribution is -2.57. The summed E-state index contributed by atoms with van der Waals surface area (Å²) >= 11 is 0. The second kappa shape index (κ2) is 8.12. The van der Waals surface area contributed by atoms with Crippen LogP contribution in [-0.2, 0) is 4.79 Å². The molecule has 2 amide bonds. The third-order valence-corrected chi connectivity index (χ3v) is 4.71. The van der Waals surface area contributed by atoms with Crippen molar-refractivity contribution in [1.82, 2.24) is 4.90 Å². The summed E-state index contributed by atoms with van der Waals surface area (Å²) in [5, 5.41) is 0. The predicted molar refractivity (Wildman–Crippen MR) is 103 cm³/mol. The number of hydrogen-bond acceptors (Lipinski definition) is 4. The fourth-order valence-corrected chi connectivity index (χ4v) is 3.19. The van der Waals surface area contributed by atoms with Crippen LogP contribution in [0.3, 0.4) is 0 Å². The van der Waals surface area contributed by atoms with E-state index in [1.807, 2.05) is 31.2 Å². The molecule has 142 valence electrons. The highest BCUT2D eigenvalue weighted by molar-refractivity contribution is 6.03. The molecule has 1 aliphatic rings. The van der Waals surface area contributed by atoms with Gasteiger partial charge in [-0.25, -0.2) is 0 Å². The number of amides is 2. The summed E-state index contributed by atoms with van der Waals surface area (Å²) < 4.78 is 10.6. The van der Waals surface area contributed by atoms with Gasteiger partial charge in [-0.05, 0) is 62.4 Å². The van der Waals surface area contributed by atoms with E-state index < -0.39 is 6.04 Å². The van der Waals surface area contributed by atoms with Crippen LogP contribution in [0.4, 0.5) is 5.69 Å². The minimum atomic E-state index is -0.528. The normalized spacial score (nSPS) is 17.0. The second-order valence-corrected chi connectivity index (χ2v) is 6.32. The van der Waals surface area contributed by atoms with Gasteiger partial charge < -0.3 is 19.3 Å². The topological polar surface area (TPSA) is 59.1 Å². The van der Waals surface area contributed by atoms with E-state index in [0.29, 0.717) is 31.0 Å². The molecule has 0 N–H and O–H groups in total. The van der Waals surface area contributed by atoms with Gasteiger partial charge in [0.2, 0.25) is 5.91 Å². The molecule has 0 aromatic heterocycles. The molecule has 1 fully saturated rings. The summed E-state index contributed by atoms with van der Waals surface area (Å²) in [6.45, 7) is 5.23. The molecule has 1 saturated heterocycles. The van der Waals surface area contributed by atoms with Gasteiger partial charge in [-0.2, -0.15) is 0 Å². The molecule has 2 aromatic carbocycles. The highest BCUT2D eigenvalue weighted by Crippen LogP contribution is 2.24. The summed E-state index contributed by atoms with van der Waals surface area (Å²) in [5.74, 6) is 1.23. The zero-order valence-electron chi connectivity index (χ0n) is 15.8. The Kier molecular flexibility index (Phi) is 5.64. The first kappa shape index (κ1) is 18.8. The summed E-state index contributed by atoms with van der Waals surface area (Å²) in [7, 11) is 1.58. The minimum absolute atomic E-state index is 0.0905. The molecule has 2 aromatic rings. The third kappa shape index (κ3) is 3.89. The van der Waals surface area contributed by atoms with E-state index in [9.17, 15) is 9.59 Å². The quantitative estimate of drug-likeness (QED) is 0.814. The van der Waals surface area contributed by atoms with Crippen LogP contribution in [0.25, 0.3) is 0 Å². The number of hydrogen-bond donors (Lipinski definition) is 0. The number of benzene rings is 2. The van der Waals surface area contributed by atoms with Crippen molar-refractivity contribution in [3.63, 3.8) is 0 Å². The highest BCUT2D eigenvalue weighted by atomic mass is 16.5. The van der Waals surface area contributed by atoms with Crippen LogP contribution in [0.1, 0.15) is 24.2 Å². The first-order valence-corrected chi connectivity index (χ1v) is 9.04. The van der Waals surface area contributed by atoms with Gasteiger partial charge in [0, 0.05) is 24.3 Å². The Bertz CT molecular complexity index is 802. The van der Waals surface area contributed by atoms with Crippen LogP contribution in [0, 0.1) is 0 Å². The molecule has 1 atom stereocenters. The second-order valence-electron chi connectivity index (χ2n) is 6.32. The summed E-state index contributed by atoms with van der Waals surface area (Å²) in [6.07, 6.45) is 0. The number of nitrogens with zero attached hydrogens (tertiary/aromatic N) is 2. The molecular weight excluding hydrogens is 344 g/mol. The van der Waals surface area contributed by atoms with Gasteiger partial charge in [0.25, 0.3) is 5.91 Å². The molecule has 0 saturated carbocycles. The first-order chi connectivity index (χ1) is 13.0. The van der Waals surface area contributed by atoms with Gasteiger partial charge in [-0.15, -0.1) is 0 Å². The van der Waals surface area contributed by atoms with Gasteiger partial charge >= 0.3 is 0 Å². The molecule has 0 unspecified atom stereocenters. The van der Waals surface area contributed by atoms with E-state index in [4.69, 9.17) is 9.47 Å². The van der Waals surface area contributed by atoms with E-state index >= 15 is 0 Å². The maximum Gasteiger partial charge on any atom is 0.254 e. The average molecular weight is 368 g/mol. The summed E-state index contributed by atoms with van der Waals surface area (Å²) in [6, 6.07) is 13.9. The lowest BCUT2D eigenvalue weighted by molar-refractivity contribution is -0.124. The summed E-state index contributed by atoms with van der Waals surface area (Å²) in [4.78, 5) is 29.0. The number of piperazine rings is 1. The Morgan fingerprint density at radius 2 is 1.67 bits per heavy atom. The number of methoxy groups -OCH3 is 1. The van der Waals surface area contributed by atoms with Crippen LogP contribution in [0.5, 0.6) is 11.5 Å². The Morgan fingerprint density at radius 1 is 1.04 bits per heavy atom. The highest BCUT2D eigenvalue weighted by Gasteiger charge is 2.35. The average Bonchev–Trinajstić information content (AvgIpc) is 2.70. The molecule has 6 heteroatoms. The minimum Gasteiger partial charge on any atom is -0.497 e. The lowest BCUT2D eigenvalue weighted by Gasteiger charge is -2.39. The van der Waals surface area contributed by atoms with E-state index in [0.717, 1.165) is 11.4 Å². The van der Waals surface area contributed by atoms with Crippen molar-refractivity contribution < 1.29 is 19.1 Å². The Morgan fingerprint density at radius 3 is 2.26 bits per heavy atom. The fraction of sp³-hybridized carbons (Fsp3) is 0.333. The van der Waals surface area contributed by atoms with Gasteiger partial charge in [0.1, 0.15) is 17.5 Å². The molecule has 0 spiro atoms. The van der Waals surface area contributed by atoms with Crippen LogP contribution >= 0.6 is 0 Å². The van der Waals surface area contributed by atoms with Gasteiger partial charge in [0.05, 0.1) is 13.7 Å². The molecule has 0 radical (unpaired) electrons. The van der Waals surface area contributed by atoms with Crippen molar-refractivity contribution >= 4 is 17.5 Å². The van der Waals surface area contributed by atoms with Gasteiger partial charge in [-0.3, -0.25) is 9.59 Å². The van der Waals surface area contributed by atoms with Crippen molar-refractivity contribution in [2.45, 2.75) is 19.9 Å². The SMILES string of the molecule is CCOc1ccc(N2CCN(C(=O)c3ccc(OC)cc3)[C@H](C)C2=O)cc1. The molecule has 0 aliphatic carbocycles. The standard InChI is InChI=1S/C21H24N2O4/c1-4-27-19-11-7-17(8-12-19)23-14-13-22(15(2)20(23)24)21(25)16-5-9-18(26-3)10-6-16/h5-12,15H,4,13-14H2,1-3H3/t15-/m1/s1. The molecule has 3 rings (SSSR count). The van der Waals surface area contributed by atoms with Crippen LogP contribution < -0.4 is 14.4 Å². The number of ether oxygens (including phenoxy) is 2. The molecule has 1 aliphatic heterocycles. The molecular formula is C21H24N2O4. The molecule has 0 bridgehead atoms. The van der Waals surface area contributed by atoms with E-state index in [2.05, 4.69) is 0 Å². The largest absolute Gasteiger partial charge is 0.497 e. The summed E-state index contributed by atoms with van der Waals surface area (Å²) in [5.41, 5.74) is 1.36. The predicted octanol–water partition coefficient (Wildman–Crippen LogP) is 2.97. The number of carbonyl (C=O) groups excluding carboxylic acids is 2. The van der Waals surface area contributed by atoms with Gasteiger partial charge in [0.15, 0.2) is 0 Å². The number of anilines is 1. The van der Waals surface area contributed by atoms with Crippen LogP contribution in [0.15, 0.2) is 48.5 Å². The van der Waals surface area contributed by atoms with Crippen molar-refractivity contribution in [1.29, 1.82) is 0 Å². The lowest BCUT2D eigenvalue weighted by atomic mass is 10.1. The van der Waals surface area contributed by atoms with Crippen LogP contribution in [-0.4, -0.2) is 49.6 Å². The van der Waals surface area contributed by atoms with E-state index in [1.165, 1.54) is 0 Å². The number of carbonyl (C=O) groups is 2. The van der Waals surface area contributed by atoms with Crippen molar-refractivity contribution in [3.05, 3.63) is 54.1 Å². The Balaban J connectivity index is 1.72. The maximum absolute atomic E-state index is 12.9. The molecule has 27 heavy (non-hydrogen) atoms. The van der Waals surface area contributed by atoms with Gasteiger partial charge in [-0.1, -0.05) is 0 Å². The van der Waals surface area contributed by atoms with E-state index in [-0.39, 0.29) is 11.8 Å². The maximum atomic E-state index is 12.9.